The van der Waals surface area contributed by atoms with Crippen molar-refractivity contribution in [3.05, 3.63) is 12.2 Å². The molecule has 1 aliphatic heterocycles. The number of amides is 1. The fraction of sp³-hybridized carbons (Fsp3) is 0.667. The molecule has 0 aromatic rings. The van der Waals surface area contributed by atoms with E-state index in [1.165, 1.54) is 0 Å². The number of allylic oxidation sites excluding steroid dienone is 1. The highest BCUT2D eigenvalue weighted by atomic mass is 16.1. The molecule has 1 aliphatic rings. The Morgan fingerprint density at radius 1 is 1.67 bits per heavy atom. The van der Waals surface area contributed by atoms with Crippen LogP contribution in [0.15, 0.2) is 12.2 Å². The normalized spacial score (nSPS) is 24.2. The first-order valence-electron chi connectivity index (χ1n) is 4.47. The van der Waals surface area contributed by atoms with Gasteiger partial charge in [-0.3, -0.25) is 4.79 Å². The van der Waals surface area contributed by atoms with Gasteiger partial charge >= 0.3 is 0 Å². The first-order valence-corrected chi connectivity index (χ1v) is 4.47. The monoisotopic (exact) mass is 168 g/mol. The van der Waals surface area contributed by atoms with E-state index in [4.69, 9.17) is 0 Å². The van der Waals surface area contributed by atoms with Crippen LogP contribution in [0.1, 0.15) is 19.8 Å². The molecular formula is C9H16N2O. The molecule has 0 spiro atoms. The molecule has 3 nitrogen and oxygen atoms in total. The Labute approximate surface area is 73.2 Å². The molecule has 3 heteroatoms. The summed E-state index contributed by atoms with van der Waals surface area (Å²) in [6.07, 6.45) is 5.57. The number of hydrogen-bond acceptors (Lipinski definition) is 2. The lowest BCUT2D eigenvalue weighted by atomic mass is 10.1. The summed E-state index contributed by atoms with van der Waals surface area (Å²) in [6, 6.07) is 0.322. The molecule has 0 bridgehead atoms. The molecule has 0 unspecified atom stereocenters. The van der Waals surface area contributed by atoms with Gasteiger partial charge in [0.25, 0.3) is 0 Å². The van der Waals surface area contributed by atoms with Crippen molar-refractivity contribution in [2.24, 2.45) is 0 Å². The van der Waals surface area contributed by atoms with Crippen molar-refractivity contribution in [1.82, 2.24) is 10.6 Å². The van der Waals surface area contributed by atoms with Gasteiger partial charge < -0.3 is 10.6 Å². The lowest BCUT2D eigenvalue weighted by molar-refractivity contribution is -0.117. The molecule has 0 aliphatic carbocycles. The highest BCUT2D eigenvalue weighted by Gasteiger charge is 2.13. The zero-order valence-electron chi connectivity index (χ0n) is 7.47. The third-order valence-corrected chi connectivity index (χ3v) is 1.96. The first-order chi connectivity index (χ1) is 5.83. The topological polar surface area (TPSA) is 41.1 Å². The van der Waals surface area contributed by atoms with Gasteiger partial charge in [0.05, 0.1) is 0 Å². The van der Waals surface area contributed by atoms with Gasteiger partial charge in [0.2, 0.25) is 5.91 Å². The summed E-state index contributed by atoms with van der Waals surface area (Å²) in [6.45, 7) is 3.83. The average molecular weight is 168 g/mol. The second kappa shape index (κ2) is 4.93. The lowest BCUT2D eigenvalue weighted by Gasteiger charge is -2.23. The van der Waals surface area contributed by atoms with Crippen LogP contribution in [0.4, 0.5) is 0 Å². The van der Waals surface area contributed by atoms with Crippen LogP contribution >= 0.6 is 0 Å². The Hall–Kier alpha value is -0.830. The minimum atomic E-state index is 0.0196. The molecule has 0 aromatic carbocycles. The molecule has 1 amide bonds. The van der Waals surface area contributed by atoms with Crippen molar-refractivity contribution >= 4 is 5.91 Å². The van der Waals surface area contributed by atoms with Crippen LogP contribution in [0, 0.1) is 0 Å². The van der Waals surface area contributed by atoms with Gasteiger partial charge in [-0.15, -0.1) is 0 Å². The molecule has 0 radical (unpaired) electrons. The molecule has 0 saturated carbocycles. The van der Waals surface area contributed by atoms with E-state index >= 15 is 0 Å². The number of nitrogens with one attached hydrogen (secondary N) is 2. The molecule has 2 N–H and O–H groups in total. The second-order valence-electron chi connectivity index (χ2n) is 3.05. The summed E-state index contributed by atoms with van der Waals surface area (Å²) in [5, 5.41) is 6.18. The van der Waals surface area contributed by atoms with Crippen molar-refractivity contribution < 1.29 is 4.79 Å². The number of carbonyl (C=O) groups excluding carboxylic acids is 1. The quantitative estimate of drug-likeness (QED) is 0.587. The van der Waals surface area contributed by atoms with Crippen molar-refractivity contribution in [1.29, 1.82) is 0 Å². The maximum atomic E-state index is 11.1. The molecule has 12 heavy (non-hydrogen) atoms. The van der Waals surface area contributed by atoms with E-state index in [2.05, 4.69) is 10.6 Å². The minimum Gasteiger partial charge on any atom is -0.349 e. The van der Waals surface area contributed by atoms with Crippen LogP contribution in [0.5, 0.6) is 0 Å². The Balaban J connectivity index is 2.24. The van der Waals surface area contributed by atoms with E-state index in [-0.39, 0.29) is 5.91 Å². The van der Waals surface area contributed by atoms with Crippen LogP contribution < -0.4 is 10.6 Å². The van der Waals surface area contributed by atoms with Crippen LogP contribution in [0.2, 0.25) is 0 Å². The highest BCUT2D eigenvalue weighted by molar-refractivity contribution is 5.87. The Morgan fingerprint density at radius 2 is 2.50 bits per heavy atom. The minimum absolute atomic E-state index is 0.0196. The predicted molar refractivity (Wildman–Crippen MR) is 48.8 cm³/mol. The van der Waals surface area contributed by atoms with Crippen molar-refractivity contribution in [3.8, 4) is 0 Å². The Kier molecular flexibility index (Phi) is 3.80. The summed E-state index contributed by atoms with van der Waals surface area (Å²) in [4.78, 5) is 11.1. The molecule has 1 saturated heterocycles. The van der Waals surface area contributed by atoms with Crippen LogP contribution in [0.25, 0.3) is 0 Å². The van der Waals surface area contributed by atoms with Gasteiger partial charge in [-0.05, 0) is 32.4 Å². The fourth-order valence-electron chi connectivity index (χ4n) is 1.38. The summed E-state index contributed by atoms with van der Waals surface area (Å²) in [7, 11) is 0. The first kappa shape index (κ1) is 9.26. The van der Waals surface area contributed by atoms with Crippen LogP contribution in [-0.2, 0) is 4.79 Å². The Morgan fingerprint density at radius 3 is 3.08 bits per heavy atom. The number of hydrogen-bond donors (Lipinski definition) is 2. The van der Waals surface area contributed by atoms with Gasteiger partial charge in [0.15, 0.2) is 0 Å². The zero-order chi connectivity index (χ0) is 8.81. The van der Waals surface area contributed by atoms with Gasteiger partial charge in [-0.25, -0.2) is 0 Å². The van der Waals surface area contributed by atoms with Crippen molar-refractivity contribution in [3.63, 3.8) is 0 Å². The third kappa shape index (κ3) is 3.05. The molecule has 1 fully saturated rings. The maximum absolute atomic E-state index is 11.1. The molecule has 0 aromatic heterocycles. The van der Waals surface area contributed by atoms with Gasteiger partial charge in [-0.1, -0.05) is 6.08 Å². The van der Waals surface area contributed by atoms with E-state index in [1.807, 2.05) is 6.92 Å². The van der Waals surface area contributed by atoms with E-state index in [0.29, 0.717) is 6.04 Å². The molecule has 1 rings (SSSR count). The van der Waals surface area contributed by atoms with Gasteiger partial charge in [0.1, 0.15) is 0 Å². The molecule has 1 heterocycles. The summed E-state index contributed by atoms with van der Waals surface area (Å²) < 4.78 is 0. The highest BCUT2D eigenvalue weighted by Crippen LogP contribution is 2.00. The lowest BCUT2D eigenvalue weighted by Crippen LogP contribution is -2.45. The molecule has 68 valence electrons. The van der Waals surface area contributed by atoms with Crippen LogP contribution in [-0.4, -0.2) is 25.0 Å². The number of piperidine rings is 1. The zero-order valence-corrected chi connectivity index (χ0v) is 7.47. The van der Waals surface area contributed by atoms with E-state index in [1.54, 1.807) is 12.2 Å². The molecule has 1 atom stereocenters. The summed E-state index contributed by atoms with van der Waals surface area (Å²) in [5.41, 5.74) is 0. The number of rotatable bonds is 2. The maximum Gasteiger partial charge on any atom is 0.243 e. The Bertz CT molecular complexity index is 171. The van der Waals surface area contributed by atoms with Crippen molar-refractivity contribution in [2.75, 3.05) is 13.1 Å². The van der Waals surface area contributed by atoms with E-state index in [9.17, 15) is 4.79 Å². The average Bonchev–Trinajstić information content (AvgIpc) is 2.06. The standard InChI is InChI=1S/C9H16N2O/c1-2-4-9(12)11-8-5-3-6-10-7-8/h2,4,8,10H,3,5-7H2,1H3,(H,11,12)/b4-2+/t8-/m1/s1. The smallest absolute Gasteiger partial charge is 0.243 e. The van der Waals surface area contributed by atoms with Crippen LogP contribution in [0.3, 0.4) is 0 Å². The van der Waals surface area contributed by atoms with Crippen molar-refractivity contribution in [2.45, 2.75) is 25.8 Å². The summed E-state index contributed by atoms with van der Waals surface area (Å²) >= 11 is 0. The van der Waals surface area contributed by atoms with E-state index < -0.39 is 0 Å². The van der Waals surface area contributed by atoms with Gasteiger partial charge in [0, 0.05) is 12.6 Å². The molecular weight excluding hydrogens is 152 g/mol. The number of carbonyl (C=O) groups is 1. The summed E-state index contributed by atoms with van der Waals surface area (Å²) in [5.74, 6) is 0.0196. The fourth-order valence-corrected chi connectivity index (χ4v) is 1.38. The third-order valence-electron chi connectivity index (χ3n) is 1.96. The predicted octanol–water partition coefficient (Wildman–Crippen LogP) is 0.431. The largest absolute Gasteiger partial charge is 0.349 e. The van der Waals surface area contributed by atoms with E-state index in [0.717, 1.165) is 25.9 Å². The van der Waals surface area contributed by atoms with Gasteiger partial charge in [-0.2, -0.15) is 0 Å². The SMILES string of the molecule is C/C=C/C(=O)N[C@@H]1CCCNC1. The second-order valence-corrected chi connectivity index (χ2v) is 3.05.